The minimum atomic E-state index is -0.439. The molecule has 1 nitrogen and oxygen atoms in total. The summed E-state index contributed by atoms with van der Waals surface area (Å²) in [4.78, 5) is 0.297. The van der Waals surface area contributed by atoms with Gasteiger partial charge in [0.15, 0.2) is 0 Å². The molecule has 0 fully saturated rings. The lowest BCUT2D eigenvalue weighted by atomic mass is 10.2. The van der Waals surface area contributed by atoms with Gasteiger partial charge in [0.1, 0.15) is 11.6 Å². The molecule has 0 bridgehead atoms. The number of halogens is 2. The summed E-state index contributed by atoms with van der Waals surface area (Å²) in [5.74, 6) is -0.189. The van der Waals surface area contributed by atoms with Gasteiger partial charge in [0.25, 0.3) is 0 Å². The van der Waals surface area contributed by atoms with Crippen molar-refractivity contribution < 1.29 is 13.9 Å². The van der Waals surface area contributed by atoms with Gasteiger partial charge in [0.05, 0.1) is 0 Å². The molecule has 0 spiro atoms. The van der Waals surface area contributed by atoms with Gasteiger partial charge in [0.2, 0.25) is 0 Å². The van der Waals surface area contributed by atoms with Crippen LogP contribution in [0, 0.1) is 17.6 Å². The molecule has 0 radical (unpaired) electrons. The molecule has 0 aliphatic carbocycles. The molecule has 78 valence electrons. The first-order valence-electron chi connectivity index (χ1n) is 4.32. The largest absolute Gasteiger partial charge is 0.396 e. The number of thioether (sulfide) groups is 1. The molecule has 4 heteroatoms. The first kappa shape index (κ1) is 11.5. The fraction of sp³-hybridized carbons (Fsp3) is 0.400. The summed E-state index contributed by atoms with van der Waals surface area (Å²) in [6, 6.07) is 3.38. The minimum Gasteiger partial charge on any atom is -0.396 e. The Kier molecular flexibility index (Phi) is 4.35. The quantitative estimate of drug-likeness (QED) is 0.784. The van der Waals surface area contributed by atoms with Gasteiger partial charge in [-0.2, -0.15) is 0 Å². The number of hydrogen-bond acceptors (Lipinski definition) is 2. The standard InChI is InChI=1S/C10H12F2OS/c1-7(5-13)6-14-10-4-8(11)2-3-9(10)12/h2-4,7,13H,5-6H2,1H3. The van der Waals surface area contributed by atoms with Crippen molar-refractivity contribution in [3.63, 3.8) is 0 Å². The number of benzene rings is 1. The molecule has 0 saturated carbocycles. The third-order valence-electron chi connectivity index (χ3n) is 1.73. The fourth-order valence-corrected chi connectivity index (χ4v) is 1.84. The van der Waals surface area contributed by atoms with Crippen molar-refractivity contribution in [1.29, 1.82) is 0 Å². The maximum atomic E-state index is 13.1. The van der Waals surface area contributed by atoms with Crippen LogP contribution in [-0.4, -0.2) is 17.5 Å². The van der Waals surface area contributed by atoms with Crippen LogP contribution in [0.3, 0.4) is 0 Å². The number of aliphatic hydroxyl groups excluding tert-OH is 1. The van der Waals surface area contributed by atoms with Crippen molar-refractivity contribution in [2.75, 3.05) is 12.4 Å². The lowest BCUT2D eigenvalue weighted by molar-refractivity contribution is 0.250. The van der Waals surface area contributed by atoms with Crippen molar-refractivity contribution in [3.8, 4) is 0 Å². The second-order valence-electron chi connectivity index (χ2n) is 3.17. The maximum absolute atomic E-state index is 13.1. The second kappa shape index (κ2) is 5.32. The first-order valence-corrected chi connectivity index (χ1v) is 5.30. The van der Waals surface area contributed by atoms with Gasteiger partial charge in [-0.05, 0) is 24.1 Å². The molecule has 0 heterocycles. The van der Waals surface area contributed by atoms with Crippen LogP contribution < -0.4 is 0 Å². The summed E-state index contributed by atoms with van der Waals surface area (Å²) in [7, 11) is 0. The molecule has 1 aromatic rings. The summed E-state index contributed by atoms with van der Waals surface area (Å²) in [6.07, 6.45) is 0. The molecule has 0 aliphatic heterocycles. The van der Waals surface area contributed by atoms with Gasteiger partial charge in [-0.1, -0.05) is 6.92 Å². The van der Waals surface area contributed by atoms with E-state index in [4.69, 9.17) is 5.11 Å². The molecule has 1 atom stereocenters. The average Bonchev–Trinajstić information content (AvgIpc) is 2.19. The van der Waals surface area contributed by atoms with E-state index in [1.54, 1.807) is 0 Å². The van der Waals surface area contributed by atoms with Gasteiger partial charge in [-0.25, -0.2) is 8.78 Å². The van der Waals surface area contributed by atoms with E-state index in [-0.39, 0.29) is 12.5 Å². The summed E-state index contributed by atoms with van der Waals surface area (Å²) in [6.45, 7) is 1.91. The monoisotopic (exact) mass is 218 g/mol. The Morgan fingerprint density at radius 1 is 1.43 bits per heavy atom. The number of rotatable bonds is 4. The van der Waals surface area contributed by atoms with Crippen LogP contribution >= 0.6 is 11.8 Å². The molecule has 0 saturated heterocycles. The highest BCUT2D eigenvalue weighted by Gasteiger charge is 2.06. The normalized spacial score (nSPS) is 12.9. The van der Waals surface area contributed by atoms with Crippen LogP contribution in [0.1, 0.15) is 6.92 Å². The van der Waals surface area contributed by atoms with Gasteiger partial charge in [-0.3, -0.25) is 0 Å². The Balaban J connectivity index is 2.62. The van der Waals surface area contributed by atoms with Crippen molar-refractivity contribution in [2.24, 2.45) is 5.92 Å². The Morgan fingerprint density at radius 2 is 2.14 bits per heavy atom. The summed E-state index contributed by atoms with van der Waals surface area (Å²) >= 11 is 1.22. The highest BCUT2D eigenvalue weighted by molar-refractivity contribution is 7.99. The Hall–Kier alpha value is -0.610. The fourth-order valence-electron chi connectivity index (χ4n) is 0.873. The predicted molar refractivity (Wildman–Crippen MR) is 53.3 cm³/mol. The van der Waals surface area contributed by atoms with E-state index in [1.807, 2.05) is 6.92 Å². The van der Waals surface area contributed by atoms with Crippen molar-refractivity contribution in [3.05, 3.63) is 29.8 Å². The van der Waals surface area contributed by atoms with E-state index in [0.29, 0.717) is 10.6 Å². The molecule has 1 rings (SSSR count). The van der Waals surface area contributed by atoms with E-state index in [2.05, 4.69) is 0 Å². The van der Waals surface area contributed by atoms with Crippen LogP contribution in [0.4, 0.5) is 8.78 Å². The predicted octanol–water partition coefficient (Wildman–Crippen LogP) is 2.69. The Morgan fingerprint density at radius 3 is 2.79 bits per heavy atom. The Labute approximate surface area is 86.1 Å². The molecule has 0 amide bonds. The lowest BCUT2D eigenvalue weighted by Gasteiger charge is -2.07. The summed E-state index contributed by atoms with van der Waals surface area (Å²) in [5.41, 5.74) is 0. The average molecular weight is 218 g/mol. The van der Waals surface area contributed by atoms with Crippen LogP contribution in [0.2, 0.25) is 0 Å². The van der Waals surface area contributed by atoms with Crippen LogP contribution in [0.25, 0.3) is 0 Å². The first-order chi connectivity index (χ1) is 6.63. The van der Waals surface area contributed by atoms with E-state index in [9.17, 15) is 8.78 Å². The molecule has 0 aromatic heterocycles. The summed E-state index contributed by atoms with van der Waals surface area (Å²) in [5, 5.41) is 8.76. The molecule has 1 aromatic carbocycles. The minimum absolute atomic E-state index is 0.0595. The van der Waals surface area contributed by atoms with Gasteiger partial charge in [0, 0.05) is 17.3 Å². The molecule has 1 N–H and O–H groups in total. The van der Waals surface area contributed by atoms with Gasteiger partial charge >= 0.3 is 0 Å². The maximum Gasteiger partial charge on any atom is 0.136 e. The molecule has 0 aliphatic rings. The van der Waals surface area contributed by atoms with Crippen molar-refractivity contribution >= 4 is 11.8 Å². The van der Waals surface area contributed by atoms with Crippen molar-refractivity contribution in [1.82, 2.24) is 0 Å². The summed E-state index contributed by atoms with van der Waals surface area (Å²) < 4.78 is 25.8. The highest BCUT2D eigenvalue weighted by atomic mass is 32.2. The van der Waals surface area contributed by atoms with Crippen LogP contribution in [0.15, 0.2) is 23.1 Å². The zero-order valence-electron chi connectivity index (χ0n) is 7.84. The molecule has 14 heavy (non-hydrogen) atoms. The topological polar surface area (TPSA) is 20.2 Å². The van der Waals surface area contributed by atoms with E-state index < -0.39 is 11.6 Å². The molecular weight excluding hydrogens is 206 g/mol. The van der Waals surface area contributed by atoms with Gasteiger partial charge < -0.3 is 5.11 Å². The molecule has 1 unspecified atom stereocenters. The zero-order chi connectivity index (χ0) is 10.6. The third kappa shape index (κ3) is 3.27. The Bertz CT molecular complexity index is 304. The smallest absolute Gasteiger partial charge is 0.136 e. The van der Waals surface area contributed by atoms with E-state index in [1.165, 1.54) is 17.8 Å². The SMILES string of the molecule is CC(CO)CSc1cc(F)ccc1F. The van der Waals surface area contributed by atoms with Crippen molar-refractivity contribution in [2.45, 2.75) is 11.8 Å². The van der Waals surface area contributed by atoms with E-state index in [0.717, 1.165) is 12.1 Å². The third-order valence-corrected chi connectivity index (χ3v) is 3.09. The van der Waals surface area contributed by atoms with Crippen LogP contribution in [-0.2, 0) is 0 Å². The molecular formula is C10H12F2OS. The lowest BCUT2D eigenvalue weighted by Crippen LogP contribution is -2.03. The van der Waals surface area contributed by atoms with E-state index >= 15 is 0 Å². The van der Waals surface area contributed by atoms with Crippen LogP contribution in [0.5, 0.6) is 0 Å². The zero-order valence-corrected chi connectivity index (χ0v) is 8.65. The number of aliphatic hydroxyl groups is 1. The number of hydrogen-bond donors (Lipinski definition) is 1. The van der Waals surface area contributed by atoms with Gasteiger partial charge in [-0.15, -0.1) is 11.8 Å². The highest BCUT2D eigenvalue weighted by Crippen LogP contribution is 2.24. The second-order valence-corrected chi connectivity index (χ2v) is 4.24.